The van der Waals surface area contributed by atoms with Crippen molar-refractivity contribution in [2.75, 3.05) is 22.2 Å². The minimum Gasteiger partial charge on any atom is -0.462 e. The molecule has 0 bridgehead atoms. The van der Waals surface area contributed by atoms with Crippen LogP contribution >= 0.6 is 11.8 Å². The van der Waals surface area contributed by atoms with Gasteiger partial charge in [-0.15, -0.1) is 11.8 Å². The lowest BCUT2D eigenvalue weighted by Crippen LogP contribution is -2.56. The number of benzene rings is 2. The summed E-state index contributed by atoms with van der Waals surface area (Å²) in [7, 11) is 0. The van der Waals surface area contributed by atoms with Crippen molar-refractivity contribution in [3.8, 4) is 0 Å². The Morgan fingerprint density at radius 2 is 1.85 bits per heavy atom. The van der Waals surface area contributed by atoms with Crippen LogP contribution in [0.15, 0.2) is 36.4 Å². The van der Waals surface area contributed by atoms with Gasteiger partial charge in [0, 0.05) is 16.8 Å². The van der Waals surface area contributed by atoms with Crippen LogP contribution in [-0.4, -0.2) is 35.7 Å². The highest BCUT2D eigenvalue weighted by molar-refractivity contribution is 8.02. The van der Waals surface area contributed by atoms with Crippen molar-refractivity contribution >= 4 is 40.9 Å². The molecule has 7 heteroatoms. The van der Waals surface area contributed by atoms with Gasteiger partial charge in [0.2, 0.25) is 10.8 Å². The fraction of sp³-hybridized carbons (Fsp3) is 0.423. The predicted molar refractivity (Wildman–Crippen MR) is 130 cm³/mol. The molecule has 0 N–H and O–H groups in total. The maximum atomic E-state index is 14.3. The van der Waals surface area contributed by atoms with Crippen LogP contribution in [0.3, 0.4) is 0 Å². The Labute approximate surface area is 198 Å². The molecule has 33 heavy (non-hydrogen) atoms. The molecule has 2 aromatic rings. The lowest BCUT2D eigenvalue weighted by Gasteiger charge is -2.44. The van der Waals surface area contributed by atoms with E-state index in [1.807, 2.05) is 11.8 Å². The average molecular weight is 465 g/mol. The molecule has 0 aromatic heterocycles. The second kappa shape index (κ2) is 7.35. The van der Waals surface area contributed by atoms with E-state index in [9.17, 15) is 14.4 Å². The van der Waals surface area contributed by atoms with E-state index in [4.69, 9.17) is 4.74 Å². The molecule has 1 spiro atoms. The Bertz CT molecular complexity index is 1190. The van der Waals surface area contributed by atoms with E-state index < -0.39 is 10.8 Å². The van der Waals surface area contributed by atoms with Gasteiger partial charge in [0.1, 0.15) is 0 Å². The number of fused-ring (bicyclic) bond motifs is 1. The van der Waals surface area contributed by atoms with Crippen molar-refractivity contribution in [2.45, 2.75) is 57.4 Å². The molecule has 2 amide bonds. The molecule has 3 aliphatic heterocycles. The van der Waals surface area contributed by atoms with Crippen LogP contribution < -0.4 is 9.80 Å². The summed E-state index contributed by atoms with van der Waals surface area (Å²) in [5, 5.41) is 0. The highest BCUT2D eigenvalue weighted by atomic mass is 32.2. The highest BCUT2D eigenvalue weighted by Crippen LogP contribution is 2.61. The van der Waals surface area contributed by atoms with Gasteiger partial charge >= 0.3 is 5.97 Å². The van der Waals surface area contributed by atoms with Crippen LogP contribution in [-0.2, 0) is 19.2 Å². The summed E-state index contributed by atoms with van der Waals surface area (Å²) in [6, 6.07) is 11.0. The van der Waals surface area contributed by atoms with E-state index in [0.29, 0.717) is 23.8 Å². The van der Waals surface area contributed by atoms with Gasteiger partial charge in [-0.3, -0.25) is 14.5 Å². The predicted octanol–water partition coefficient (Wildman–Crippen LogP) is 4.74. The van der Waals surface area contributed by atoms with Gasteiger partial charge in [-0.2, -0.15) is 0 Å². The number of anilines is 2. The van der Waals surface area contributed by atoms with E-state index >= 15 is 0 Å². The number of carbonyl (C=O) groups excluding carboxylic acids is 3. The van der Waals surface area contributed by atoms with Crippen molar-refractivity contribution in [1.29, 1.82) is 0 Å². The topological polar surface area (TPSA) is 66.9 Å². The second-order valence-electron chi connectivity index (χ2n) is 9.74. The van der Waals surface area contributed by atoms with Crippen LogP contribution in [0.2, 0.25) is 0 Å². The molecule has 1 fully saturated rings. The quantitative estimate of drug-likeness (QED) is 0.614. The SMILES string of the molecule is CCOC(=O)c1ccc(N2C(=O)CS[C@@]23C(=O)N2c4c(cc(C)cc43)[C@H](C)CC2(C)C)cc1. The fourth-order valence-corrected chi connectivity index (χ4v) is 7.02. The third kappa shape index (κ3) is 2.98. The van der Waals surface area contributed by atoms with Gasteiger partial charge in [-0.1, -0.05) is 24.6 Å². The molecular weight excluding hydrogens is 436 g/mol. The number of amides is 2. The van der Waals surface area contributed by atoms with E-state index in [1.54, 1.807) is 36.1 Å². The summed E-state index contributed by atoms with van der Waals surface area (Å²) in [5.74, 6) is -0.0500. The normalized spacial score (nSPS) is 25.1. The minimum atomic E-state index is -1.14. The maximum absolute atomic E-state index is 14.3. The Morgan fingerprint density at radius 1 is 1.15 bits per heavy atom. The Hall–Kier alpha value is -2.80. The van der Waals surface area contributed by atoms with Gasteiger partial charge in [0.25, 0.3) is 5.91 Å². The zero-order valence-electron chi connectivity index (χ0n) is 19.6. The summed E-state index contributed by atoms with van der Waals surface area (Å²) < 4.78 is 5.08. The summed E-state index contributed by atoms with van der Waals surface area (Å²) in [6.07, 6.45) is 0.859. The molecule has 0 aliphatic carbocycles. The fourth-order valence-electron chi connectivity index (χ4n) is 5.70. The molecule has 172 valence electrons. The molecule has 0 saturated carbocycles. The first-order valence-corrected chi connectivity index (χ1v) is 12.3. The van der Waals surface area contributed by atoms with Gasteiger partial charge in [-0.05, 0) is 69.9 Å². The van der Waals surface area contributed by atoms with Crippen LogP contribution in [0, 0.1) is 6.92 Å². The summed E-state index contributed by atoms with van der Waals surface area (Å²) >= 11 is 1.39. The van der Waals surface area contributed by atoms with E-state index in [0.717, 1.165) is 23.2 Å². The number of hydrogen-bond donors (Lipinski definition) is 0. The molecule has 2 aromatic carbocycles. The number of thioether (sulfide) groups is 1. The summed E-state index contributed by atoms with van der Waals surface area (Å²) in [4.78, 5) is 42.1. The highest BCUT2D eigenvalue weighted by Gasteiger charge is 2.64. The molecular formula is C26H28N2O4S. The molecule has 1 saturated heterocycles. The molecule has 0 radical (unpaired) electrons. The first-order chi connectivity index (χ1) is 15.6. The first-order valence-electron chi connectivity index (χ1n) is 11.4. The van der Waals surface area contributed by atoms with Crippen LogP contribution in [0.5, 0.6) is 0 Å². The summed E-state index contributed by atoms with van der Waals surface area (Å²) in [6.45, 7) is 10.5. The van der Waals surface area contributed by atoms with Crippen LogP contribution in [0.4, 0.5) is 11.4 Å². The Balaban J connectivity index is 1.69. The van der Waals surface area contributed by atoms with Gasteiger partial charge in [-0.25, -0.2) is 4.79 Å². The zero-order chi connectivity index (χ0) is 23.7. The smallest absolute Gasteiger partial charge is 0.338 e. The van der Waals surface area contributed by atoms with Gasteiger partial charge in [0.15, 0.2) is 0 Å². The standard InChI is InChI=1S/C26H28N2O4S/c1-6-32-23(30)17-7-9-18(10-8-17)27-21(29)14-33-26(27)20-12-15(2)11-19-16(3)13-25(4,5)28(22(19)20)24(26)31/h7-12,16H,6,13-14H2,1-5H3/t16-,26+/m1/s1. The number of nitrogens with zero attached hydrogens (tertiary/aromatic N) is 2. The van der Waals surface area contributed by atoms with Crippen molar-refractivity contribution < 1.29 is 19.1 Å². The van der Waals surface area contributed by atoms with Crippen molar-refractivity contribution in [3.05, 3.63) is 58.7 Å². The maximum Gasteiger partial charge on any atom is 0.338 e. The zero-order valence-corrected chi connectivity index (χ0v) is 20.4. The van der Waals surface area contributed by atoms with Crippen LogP contribution in [0.1, 0.15) is 67.1 Å². The van der Waals surface area contributed by atoms with Crippen molar-refractivity contribution in [1.82, 2.24) is 0 Å². The number of ether oxygens (including phenoxy) is 1. The van der Waals surface area contributed by atoms with E-state index in [2.05, 4.69) is 32.9 Å². The monoisotopic (exact) mass is 464 g/mol. The van der Waals surface area contributed by atoms with Crippen molar-refractivity contribution in [2.24, 2.45) is 0 Å². The molecule has 5 rings (SSSR count). The number of rotatable bonds is 3. The third-order valence-electron chi connectivity index (χ3n) is 6.91. The lowest BCUT2D eigenvalue weighted by molar-refractivity contribution is -0.124. The Morgan fingerprint density at radius 3 is 2.52 bits per heavy atom. The largest absolute Gasteiger partial charge is 0.462 e. The minimum absolute atomic E-state index is 0.0634. The first kappa shape index (κ1) is 22.0. The van der Waals surface area contributed by atoms with E-state index in [-0.39, 0.29) is 23.1 Å². The number of aryl methyl sites for hydroxylation is 1. The molecule has 3 aliphatic rings. The third-order valence-corrected chi connectivity index (χ3v) is 8.30. The molecule has 2 atom stereocenters. The summed E-state index contributed by atoms with van der Waals surface area (Å²) in [5.41, 5.74) is 4.78. The number of esters is 1. The van der Waals surface area contributed by atoms with Crippen LogP contribution in [0.25, 0.3) is 0 Å². The van der Waals surface area contributed by atoms with E-state index in [1.165, 1.54) is 17.3 Å². The molecule has 3 heterocycles. The second-order valence-corrected chi connectivity index (χ2v) is 10.9. The van der Waals surface area contributed by atoms with Gasteiger partial charge < -0.3 is 9.64 Å². The number of carbonyl (C=O) groups is 3. The Kier molecular flexibility index (Phi) is 4.90. The molecule has 0 unspecified atom stereocenters. The number of hydrogen-bond acceptors (Lipinski definition) is 5. The van der Waals surface area contributed by atoms with Crippen molar-refractivity contribution in [3.63, 3.8) is 0 Å². The van der Waals surface area contributed by atoms with Gasteiger partial charge in [0.05, 0.1) is 23.6 Å². The average Bonchev–Trinajstić information content (AvgIpc) is 3.23. The molecule has 6 nitrogen and oxygen atoms in total. The lowest BCUT2D eigenvalue weighted by atomic mass is 9.80.